The van der Waals surface area contributed by atoms with Gasteiger partial charge in [-0.15, -0.1) is 11.3 Å². The van der Waals surface area contributed by atoms with Crippen LogP contribution in [0, 0.1) is 13.8 Å². The van der Waals surface area contributed by atoms with Crippen LogP contribution in [-0.2, 0) is 16.6 Å². The van der Waals surface area contributed by atoms with Crippen LogP contribution in [0.3, 0.4) is 0 Å². The van der Waals surface area contributed by atoms with Crippen molar-refractivity contribution in [1.29, 1.82) is 0 Å². The van der Waals surface area contributed by atoms with Gasteiger partial charge in [0.2, 0.25) is 10.0 Å². The van der Waals surface area contributed by atoms with Crippen LogP contribution in [0.25, 0.3) is 0 Å². The van der Waals surface area contributed by atoms with Crippen molar-refractivity contribution in [2.45, 2.75) is 25.3 Å². The van der Waals surface area contributed by atoms with Crippen LogP contribution >= 0.6 is 11.3 Å². The molecule has 0 saturated heterocycles. The van der Waals surface area contributed by atoms with E-state index in [2.05, 4.69) is 4.98 Å². The molecule has 21 heavy (non-hydrogen) atoms. The average molecular weight is 326 g/mol. The standard InChI is InChI=1S/C14H18N2O3S2/c1-10-11(2)20-14(15-10)9-19-12-5-7-13(8-6-12)21(17,18)16(3)4/h5-8H,9H2,1-4H3. The van der Waals surface area contributed by atoms with Crippen molar-refractivity contribution >= 4 is 21.4 Å². The lowest BCUT2D eigenvalue weighted by molar-refractivity contribution is 0.305. The average Bonchev–Trinajstić information content (AvgIpc) is 2.76. The molecule has 0 aliphatic carbocycles. The van der Waals surface area contributed by atoms with Crippen LogP contribution in [0.1, 0.15) is 15.6 Å². The Balaban J connectivity index is 2.06. The van der Waals surface area contributed by atoms with Gasteiger partial charge in [0.25, 0.3) is 0 Å². The van der Waals surface area contributed by atoms with Gasteiger partial charge in [-0.1, -0.05) is 0 Å². The molecule has 2 aromatic rings. The molecule has 7 heteroatoms. The van der Waals surface area contributed by atoms with Crippen molar-refractivity contribution in [3.05, 3.63) is 39.8 Å². The van der Waals surface area contributed by atoms with Gasteiger partial charge >= 0.3 is 0 Å². The molecule has 0 amide bonds. The van der Waals surface area contributed by atoms with Gasteiger partial charge in [-0.2, -0.15) is 0 Å². The van der Waals surface area contributed by atoms with E-state index in [1.54, 1.807) is 35.6 Å². The Kier molecular flexibility index (Phi) is 4.65. The third kappa shape index (κ3) is 3.61. The van der Waals surface area contributed by atoms with Crippen LogP contribution in [0.2, 0.25) is 0 Å². The lowest BCUT2D eigenvalue weighted by Crippen LogP contribution is -2.22. The Labute approximate surface area is 129 Å². The molecular formula is C14H18N2O3S2. The van der Waals surface area contributed by atoms with Crippen LogP contribution in [0.5, 0.6) is 5.75 Å². The Morgan fingerprint density at radius 2 is 1.81 bits per heavy atom. The summed E-state index contributed by atoms with van der Waals surface area (Å²) in [5.41, 5.74) is 1.02. The van der Waals surface area contributed by atoms with Gasteiger partial charge < -0.3 is 4.74 Å². The molecule has 0 unspecified atom stereocenters. The largest absolute Gasteiger partial charge is 0.486 e. The van der Waals surface area contributed by atoms with E-state index in [9.17, 15) is 8.42 Å². The molecule has 5 nitrogen and oxygen atoms in total. The number of ether oxygens (including phenoxy) is 1. The highest BCUT2D eigenvalue weighted by atomic mass is 32.2. The van der Waals surface area contributed by atoms with E-state index >= 15 is 0 Å². The Bertz CT molecular complexity index is 700. The second-order valence-corrected chi connectivity index (χ2v) is 8.24. The SMILES string of the molecule is Cc1nc(COc2ccc(S(=O)(=O)N(C)C)cc2)sc1C. The molecule has 0 fully saturated rings. The number of sulfonamides is 1. The first-order chi connectivity index (χ1) is 9.80. The van der Waals surface area contributed by atoms with Crippen molar-refractivity contribution in [2.75, 3.05) is 14.1 Å². The van der Waals surface area contributed by atoms with Crippen molar-refractivity contribution in [3.8, 4) is 5.75 Å². The minimum atomic E-state index is -3.40. The number of thiazole rings is 1. The topological polar surface area (TPSA) is 59.5 Å². The van der Waals surface area contributed by atoms with Gasteiger partial charge in [0.15, 0.2) is 0 Å². The maximum absolute atomic E-state index is 11.9. The molecule has 0 spiro atoms. The van der Waals surface area contributed by atoms with E-state index in [1.807, 2.05) is 13.8 Å². The molecule has 1 aromatic heterocycles. The highest BCUT2D eigenvalue weighted by molar-refractivity contribution is 7.89. The lowest BCUT2D eigenvalue weighted by Gasteiger charge is -2.11. The summed E-state index contributed by atoms with van der Waals surface area (Å²) in [5, 5.41) is 0.912. The Morgan fingerprint density at radius 3 is 2.29 bits per heavy atom. The molecule has 114 valence electrons. The molecule has 1 aromatic carbocycles. The van der Waals surface area contributed by atoms with Gasteiger partial charge in [-0.25, -0.2) is 17.7 Å². The summed E-state index contributed by atoms with van der Waals surface area (Å²) in [6.07, 6.45) is 0. The fraction of sp³-hybridized carbons (Fsp3) is 0.357. The summed E-state index contributed by atoms with van der Waals surface area (Å²) in [6, 6.07) is 6.40. The van der Waals surface area contributed by atoms with E-state index in [0.29, 0.717) is 12.4 Å². The third-order valence-electron chi connectivity index (χ3n) is 3.04. The molecule has 0 aliphatic rings. The summed E-state index contributed by atoms with van der Waals surface area (Å²) < 4.78 is 30.7. The Morgan fingerprint density at radius 1 is 1.19 bits per heavy atom. The first kappa shape index (κ1) is 15.9. The third-order valence-corrected chi connectivity index (χ3v) is 5.91. The quantitative estimate of drug-likeness (QED) is 0.847. The minimum absolute atomic E-state index is 0.251. The zero-order chi connectivity index (χ0) is 15.6. The highest BCUT2D eigenvalue weighted by Gasteiger charge is 2.16. The van der Waals surface area contributed by atoms with Crippen LogP contribution in [-0.4, -0.2) is 31.8 Å². The van der Waals surface area contributed by atoms with Crippen molar-refractivity contribution < 1.29 is 13.2 Å². The van der Waals surface area contributed by atoms with Gasteiger partial charge in [-0.3, -0.25) is 0 Å². The fourth-order valence-electron chi connectivity index (χ4n) is 1.66. The van der Waals surface area contributed by atoms with Crippen molar-refractivity contribution in [2.24, 2.45) is 0 Å². The Hall–Kier alpha value is -1.44. The predicted octanol–water partition coefficient (Wildman–Crippen LogP) is 2.59. The fourth-order valence-corrected chi connectivity index (χ4v) is 3.41. The molecule has 0 bridgehead atoms. The second kappa shape index (κ2) is 6.13. The van der Waals surface area contributed by atoms with E-state index in [4.69, 9.17) is 4.74 Å². The number of hydrogen-bond acceptors (Lipinski definition) is 5. The zero-order valence-electron chi connectivity index (χ0n) is 12.5. The molecule has 1 heterocycles. The first-order valence-electron chi connectivity index (χ1n) is 6.39. The van der Waals surface area contributed by atoms with Crippen LogP contribution in [0.4, 0.5) is 0 Å². The monoisotopic (exact) mass is 326 g/mol. The number of aryl methyl sites for hydroxylation is 2. The second-order valence-electron chi connectivity index (χ2n) is 4.80. The number of benzene rings is 1. The normalized spacial score (nSPS) is 11.9. The molecular weight excluding hydrogens is 308 g/mol. The maximum atomic E-state index is 11.9. The number of rotatable bonds is 5. The van der Waals surface area contributed by atoms with Crippen LogP contribution in [0.15, 0.2) is 29.2 Å². The summed E-state index contributed by atoms with van der Waals surface area (Å²) in [7, 11) is -0.382. The maximum Gasteiger partial charge on any atom is 0.242 e. The zero-order valence-corrected chi connectivity index (χ0v) is 14.1. The van der Waals surface area contributed by atoms with Gasteiger partial charge in [0.05, 0.1) is 10.6 Å². The van der Waals surface area contributed by atoms with Crippen LogP contribution < -0.4 is 4.74 Å². The molecule has 0 N–H and O–H groups in total. The van der Waals surface area contributed by atoms with E-state index in [1.165, 1.54) is 23.3 Å². The van der Waals surface area contributed by atoms with Crippen molar-refractivity contribution in [1.82, 2.24) is 9.29 Å². The summed E-state index contributed by atoms with van der Waals surface area (Å²) in [6.45, 7) is 4.38. The van der Waals surface area contributed by atoms with Gasteiger partial charge in [-0.05, 0) is 38.1 Å². The summed E-state index contributed by atoms with van der Waals surface area (Å²) >= 11 is 1.61. The van der Waals surface area contributed by atoms with E-state index in [-0.39, 0.29) is 4.90 Å². The molecule has 0 radical (unpaired) electrons. The minimum Gasteiger partial charge on any atom is -0.486 e. The summed E-state index contributed by atoms with van der Waals surface area (Å²) in [5.74, 6) is 0.623. The lowest BCUT2D eigenvalue weighted by atomic mass is 10.3. The van der Waals surface area contributed by atoms with Crippen molar-refractivity contribution in [3.63, 3.8) is 0 Å². The van der Waals surface area contributed by atoms with E-state index in [0.717, 1.165) is 10.7 Å². The molecule has 2 rings (SSSR count). The molecule has 0 atom stereocenters. The van der Waals surface area contributed by atoms with Gasteiger partial charge in [0.1, 0.15) is 17.4 Å². The molecule has 0 aliphatic heterocycles. The first-order valence-corrected chi connectivity index (χ1v) is 8.64. The van der Waals surface area contributed by atoms with E-state index < -0.39 is 10.0 Å². The summed E-state index contributed by atoms with van der Waals surface area (Å²) in [4.78, 5) is 5.83. The smallest absolute Gasteiger partial charge is 0.242 e. The number of aromatic nitrogens is 1. The highest BCUT2D eigenvalue weighted by Crippen LogP contribution is 2.21. The number of nitrogens with zero attached hydrogens (tertiary/aromatic N) is 2. The molecule has 0 saturated carbocycles. The predicted molar refractivity (Wildman–Crippen MR) is 83.2 cm³/mol. The number of hydrogen-bond donors (Lipinski definition) is 0. The van der Waals surface area contributed by atoms with Gasteiger partial charge in [0, 0.05) is 19.0 Å².